The molecule has 0 aliphatic heterocycles. The maximum Gasteiger partial charge on any atom is 0.191 e. The van der Waals surface area contributed by atoms with Crippen LogP contribution in [0.15, 0.2) is 40.0 Å². The Morgan fingerprint density at radius 3 is 2.39 bits per heavy atom. The third kappa shape index (κ3) is 3.36. The standard InChI is InChI=1S/C12H13BrN4S/c1-14-10-7-11(17-12(16-10)18-2)15-9-5-3-8(13)4-6-9/h3-7H,1-2H3,(H2,14,15,16,17). The largest absolute Gasteiger partial charge is 0.373 e. The molecule has 2 aromatic rings. The molecule has 0 aliphatic rings. The second-order valence-corrected chi connectivity index (χ2v) is 5.20. The van der Waals surface area contributed by atoms with Gasteiger partial charge in [-0.1, -0.05) is 27.7 Å². The number of nitrogens with zero attached hydrogens (tertiary/aromatic N) is 2. The smallest absolute Gasteiger partial charge is 0.191 e. The van der Waals surface area contributed by atoms with E-state index in [0.717, 1.165) is 27.0 Å². The van der Waals surface area contributed by atoms with Crippen molar-refractivity contribution in [2.24, 2.45) is 0 Å². The average molecular weight is 325 g/mol. The maximum absolute atomic E-state index is 4.41. The van der Waals surface area contributed by atoms with Gasteiger partial charge in [-0.05, 0) is 30.5 Å². The summed E-state index contributed by atoms with van der Waals surface area (Å²) in [5, 5.41) is 7.02. The molecule has 94 valence electrons. The van der Waals surface area contributed by atoms with Crippen molar-refractivity contribution in [3.05, 3.63) is 34.8 Å². The van der Waals surface area contributed by atoms with Crippen molar-refractivity contribution >= 4 is 45.0 Å². The highest BCUT2D eigenvalue weighted by molar-refractivity contribution is 9.10. The first-order valence-corrected chi connectivity index (χ1v) is 7.36. The second-order valence-electron chi connectivity index (χ2n) is 3.51. The van der Waals surface area contributed by atoms with Crippen LogP contribution in [0.2, 0.25) is 0 Å². The van der Waals surface area contributed by atoms with Crippen LogP contribution < -0.4 is 10.6 Å². The summed E-state index contributed by atoms with van der Waals surface area (Å²) in [7, 11) is 1.84. The number of aromatic nitrogens is 2. The van der Waals surface area contributed by atoms with E-state index < -0.39 is 0 Å². The van der Waals surface area contributed by atoms with Gasteiger partial charge >= 0.3 is 0 Å². The molecule has 2 N–H and O–H groups in total. The Hall–Kier alpha value is -1.27. The second kappa shape index (κ2) is 6.06. The summed E-state index contributed by atoms with van der Waals surface area (Å²) < 4.78 is 1.05. The summed E-state index contributed by atoms with van der Waals surface area (Å²) in [4.78, 5) is 8.73. The molecule has 0 atom stereocenters. The van der Waals surface area contributed by atoms with E-state index in [1.807, 2.05) is 43.6 Å². The lowest BCUT2D eigenvalue weighted by molar-refractivity contribution is 0.977. The van der Waals surface area contributed by atoms with Gasteiger partial charge in [0.1, 0.15) is 11.6 Å². The van der Waals surface area contributed by atoms with Gasteiger partial charge < -0.3 is 10.6 Å². The van der Waals surface area contributed by atoms with Crippen LogP contribution in [0, 0.1) is 0 Å². The summed E-state index contributed by atoms with van der Waals surface area (Å²) in [5.74, 6) is 1.58. The van der Waals surface area contributed by atoms with Crippen molar-refractivity contribution in [3.8, 4) is 0 Å². The van der Waals surface area contributed by atoms with Crippen molar-refractivity contribution in [2.45, 2.75) is 5.16 Å². The fourth-order valence-corrected chi connectivity index (χ4v) is 2.03. The van der Waals surface area contributed by atoms with Gasteiger partial charge in [0.15, 0.2) is 5.16 Å². The molecule has 1 aromatic carbocycles. The van der Waals surface area contributed by atoms with Crippen molar-refractivity contribution in [2.75, 3.05) is 23.9 Å². The summed E-state index contributed by atoms with van der Waals surface area (Å²) >= 11 is 4.93. The normalized spacial score (nSPS) is 10.2. The van der Waals surface area contributed by atoms with Crippen molar-refractivity contribution in [1.29, 1.82) is 0 Å². The number of thioether (sulfide) groups is 1. The first-order chi connectivity index (χ1) is 8.71. The molecule has 0 saturated carbocycles. The molecular formula is C12H13BrN4S. The lowest BCUT2D eigenvalue weighted by Gasteiger charge is -2.08. The van der Waals surface area contributed by atoms with E-state index in [9.17, 15) is 0 Å². The molecule has 0 bridgehead atoms. The van der Waals surface area contributed by atoms with Gasteiger partial charge in [0.25, 0.3) is 0 Å². The molecule has 1 heterocycles. The summed E-state index contributed by atoms with van der Waals surface area (Å²) in [6, 6.07) is 9.83. The number of nitrogens with one attached hydrogen (secondary N) is 2. The van der Waals surface area contributed by atoms with E-state index in [1.54, 1.807) is 0 Å². The predicted octanol–water partition coefficient (Wildman–Crippen LogP) is 3.75. The highest BCUT2D eigenvalue weighted by Crippen LogP contribution is 2.21. The van der Waals surface area contributed by atoms with E-state index >= 15 is 0 Å². The van der Waals surface area contributed by atoms with Gasteiger partial charge in [0.2, 0.25) is 0 Å². The Kier molecular flexibility index (Phi) is 4.43. The van der Waals surface area contributed by atoms with Crippen LogP contribution in [0.4, 0.5) is 17.3 Å². The molecular weight excluding hydrogens is 312 g/mol. The Morgan fingerprint density at radius 1 is 1.11 bits per heavy atom. The minimum absolute atomic E-state index is 0.737. The summed E-state index contributed by atoms with van der Waals surface area (Å²) in [6.07, 6.45) is 1.96. The monoisotopic (exact) mass is 324 g/mol. The Morgan fingerprint density at radius 2 is 1.78 bits per heavy atom. The van der Waals surface area contributed by atoms with E-state index in [1.165, 1.54) is 11.8 Å². The molecule has 0 saturated heterocycles. The molecule has 4 nitrogen and oxygen atoms in total. The van der Waals surface area contributed by atoms with Crippen LogP contribution in [0.25, 0.3) is 0 Å². The average Bonchev–Trinajstić information content (AvgIpc) is 2.41. The van der Waals surface area contributed by atoms with Gasteiger partial charge in [-0.3, -0.25) is 0 Å². The molecule has 0 unspecified atom stereocenters. The summed E-state index contributed by atoms with van der Waals surface area (Å²) in [5.41, 5.74) is 0.992. The van der Waals surface area contributed by atoms with E-state index in [0.29, 0.717) is 0 Å². The van der Waals surface area contributed by atoms with E-state index in [-0.39, 0.29) is 0 Å². The molecule has 18 heavy (non-hydrogen) atoms. The van der Waals surface area contributed by atoms with Crippen molar-refractivity contribution in [3.63, 3.8) is 0 Å². The Labute approximate surface area is 119 Å². The van der Waals surface area contributed by atoms with Crippen LogP contribution >= 0.6 is 27.7 Å². The zero-order valence-electron chi connectivity index (χ0n) is 10.1. The predicted molar refractivity (Wildman–Crippen MR) is 80.8 cm³/mol. The highest BCUT2D eigenvalue weighted by atomic mass is 79.9. The zero-order valence-corrected chi connectivity index (χ0v) is 12.5. The zero-order chi connectivity index (χ0) is 13.0. The Balaban J connectivity index is 2.25. The molecule has 0 fully saturated rings. The van der Waals surface area contributed by atoms with Gasteiger partial charge in [-0.15, -0.1) is 0 Å². The Bertz CT molecular complexity index is 508. The number of benzene rings is 1. The molecule has 1 aromatic heterocycles. The van der Waals surface area contributed by atoms with Crippen LogP contribution in [-0.2, 0) is 0 Å². The number of anilines is 3. The van der Waals surface area contributed by atoms with E-state index in [4.69, 9.17) is 0 Å². The number of halogens is 1. The minimum Gasteiger partial charge on any atom is -0.373 e. The quantitative estimate of drug-likeness (QED) is 0.662. The number of rotatable bonds is 4. The van der Waals surface area contributed by atoms with Crippen molar-refractivity contribution in [1.82, 2.24) is 9.97 Å². The first kappa shape index (κ1) is 13.2. The topological polar surface area (TPSA) is 49.8 Å². The van der Waals surface area contributed by atoms with Crippen LogP contribution in [0.5, 0.6) is 0 Å². The van der Waals surface area contributed by atoms with Gasteiger partial charge in [0.05, 0.1) is 0 Å². The molecule has 0 amide bonds. The molecule has 2 rings (SSSR count). The molecule has 0 radical (unpaired) electrons. The minimum atomic E-state index is 0.737. The van der Waals surface area contributed by atoms with Gasteiger partial charge in [-0.25, -0.2) is 9.97 Å². The highest BCUT2D eigenvalue weighted by Gasteiger charge is 2.03. The van der Waals surface area contributed by atoms with Crippen LogP contribution in [-0.4, -0.2) is 23.3 Å². The van der Waals surface area contributed by atoms with Gasteiger partial charge in [0, 0.05) is 23.3 Å². The van der Waals surface area contributed by atoms with Crippen molar-refractivity contribution < 1.29 is 0 Å². The lowest BCUT2D eigenvalue weighted by atomic mass is 10.3. The third-order valence-corrected chi connectivity index (χ3v) is 3.34. The fourth-order valence-electron chi connectivity index (χ4n) is 1.39. The molecule has 0 spiro atoms. The maximum atomic E-state index is 4.41. The third-order valence-electron chi connectivity index (χ3n) is 2.26. The first-order valence-electron chi connectivity index (χ1n) is 5.34. The lowest BCUT2D eigenvalue weighted by Crippen LogP contribution is -2.00. The fraction of sp³-hybridized carbons (Fsp3) is 0.167. The van der Waals surface area contributed by atoms with E-state index in [2.05, 4.69) is 36.5 Å². The van der Waals surface area contributed by atoms with Crippen LogP contribution in [0.1, 0.15) is 0 Å². The summed E-state index contributed by atoms with van der Waals surface area (Å²) in [6.45, 7) is 0. The SMILES string of the molecule is CNc1cc(Nc2ccc(Br)cc2)nc(SC)n1. The molecule has 0 aliphatic carbocycles. The molecule has 6 heteroatoms. The number of hydrogen-bond donors (Lipinski definition) is 2. The van der Waals surface area contributed by atoms with Crippen LogP contribution in [0.3, 0.4) is 0 Å². The van der Waals surface area contributed by atoms with Gasteiger partial charge in [-0.2, -0.15) is 0 Å². The number of hydrogen-bond acceptors (Lipinski definition) is 5.